The fourth-order valence-electron chi connectivity index (χ4n) is 3.48. The van der Waals surface area contributed by atoms with Crippen LogP contribution in [0.15, 0.2) is 0 Å². The predicted molar refractivity (Wildman–Crippen MR) is 118 cm³/mol. The van der Waals surface area contributed by atoms with E-state index in [1.165, 1.54) is 0 Å². The van der Waals surface area contributed by atoms with Crippen LogP contribution in [-0.2, 0) is 38.1 Å². The largest absolute Gasteiger partial charge is 0.463 e. The molecular weight excluding hydrogens is 418 g/mol. The van der Waals surface area contributed by atoms with Gasteiger partial charge in [-0.05, 0) is 72.6 Å². The molecule has 1 aliphatic heterocycles. The van der Waals surface area contributed by atoms with E-state index in [9.17, 15) is 14.4 Å². The first-order valence-electron chi connectivity index (χ1n) is 11.6. The van der Waals surface area contributed by atoms with Crippen molar-refractivity contribution in [3.63, 3.8) is 0 Å². The molecule has 0 bridgehead atoms. The van der Waals surface area contributed by atoms with Gasteiger partial charge in [-0.3, -0.25) is 4.79 Å². The standard InChI is InChI=1S/C23H41NO8/c1-6-29-20(26)23(21(27)30-7-2,13-10-18(24)19(25)32-22(3,4)5)31-14-8-9-17-11-15-28-16-12-17/h17-18H,6-16,24H2,1-5H3. The Bertz CT molecular complexity index is 577. The fourth-order valence-corrected chi connectivity index (χ4v) is 3.48. The smallest absolute Gasteiger partial charge is 0.350 e. The summed E-state index contributed by atoms with van der Waals surface area (Å²) in [5, 5.41) is 0. The van der Waals surface area contributed by atoms with Crippen molar-refractivity contribution < 1.29 is 38.1 Å². The molecule has 0 saturated carbocycles. The molecule has 1 rings (SSSR count). The molecule has 1 unspecified atom stereocenters. The summed E-state index contributed by atoms with van der Waals surface area (Å²) < 4.78 is 26.9. The van der Waals surface area contributed by atoms with Crippen molar-refractivity contribution in [1.29, 1.82) is 0 Å². The molecular formula is C23H41NO8. The number of nitrogens with two attached hydrogens (primary N) is 1. The number of carbonyl (C=O) groups is 3. The molecule has 1 aliphatic rings. The molecule has 0 aromatic carbocycles. The highest BCUT2D eigenvalue weighted by Gasteiger charge is 2.50. The average Bonchev–Trinajstić information content (AvgIpc) is 2.73. The molecule has 9 nitrogen and oxygen atoms in total. The van der Waals surface area contributed by atoms with Crippen LogP contribution in [0.5, 0.6) is 0 Å². The summed E-state index contributed by atoms with van der Waals surface area (Å²) in [5.41, 5.74) is 3.32. The van der Waals surface area contributed by atoms with Gasteiger partial charge in [0.2, 0.25) is 0 Å². The van der Waals surface area contributed by atoms with Crippen molar-refractivity contribution in [1.82, 2.24) is 0 Å². The van der Waals surface area contributed by atoms with Crippen LogP contribution in [0.3, 0.4) is 0 Å². The Hall–Kier alpha value is -1.71. The van der Waals surface area contributed by atoms with Crippen LogP contribution in [-0.4, -0.2) is 68.2 Å². The molecule has 1 saturated heterocycles. The summed E-state index contributed by atoms with van der Waals surface area (Å²) in [5.74, 6) is -1.74. The van der Waals surface area contributed by atoms with E-state index in [0.717, 1.165) is 32.5 Å². The van der Waals surface area contributed by atoms with Crippen molar-refractivity contribution in [2.24, 2.45) is 11.7 Å². The Morgan fingerprint density at radius 3 is 2.09 bits per heavy atom. The number of esters is 3. The van der Waals surface area contributed by atoms with E-state index in [0.29, 0.717) is 12.3 Å². The minimum atomic E-state index is -1.97. The van der Waals surface area contributed by atoms with E-state index in [1.807, 2.05) is 0 Å². The summed E-state index contributed by atoms with van der Waals surface area (Å²) in [4.78, 5) is 38.0. The predicted octanol–water partition coefficient (Wildman–Crippen LogP) is 2.52. The van der Waals surface area contributed by atoms with Gasteiger partial charge in [-0.1, -0.05) is 0 Å². The summed E-state index contributed by atoms with van der Waals surface area (Å²) in [6.07, 6.45) is 3.40. The van der Waals surface area contributed by atoms with E-state index in [-0.39, 0.29) is 32.7 Å². The second-order valence-electron chi connectivity index (χ2n) is 8.99. The van der Waals surface area contributed by atoms with Crippen molar-refractivity contribution in [3.05, 3.63) is 0 Å². The number of hydrogen-bond acceptors (Lipinski definition) is 9. The Kier molecular flexibility index (Phi) is 12.2. The van der Waals surface area contributed by atoms with Crippen LogP contribution in [0, 0.1) is 5.92 Å². The van der Waals surface area contributed by atoms with Crippen LogP contribution < -0.4 is 5.73 Å². The van der Waals surface area contributed by atoms with Crippen molar-refractivity contribution in [2.75, 3.05) is 33.0 Å². The van der Waals surface area contributed by atoms with Gasteiger partial charge in [0.1, 0.15) is 11.6 Å². The lowest BCUT2D eigenvalue weighted by molar-refractivity contribution is -0.193. The SMILES string of the molecule is CCOC(=O)C(CCC(N)C(=O)OC(C)(C)C)(OCCCC1CCOCC1)C(=O)OCC. The van der Waals surface area contributed by atoms with Gasteiger partial charge >= 0.3 is 17.9 Å². The molecule has 0 amide bonds. The molecule has 0 aromatic rings. The minimum absolute atomic E-state index is 0.00743. The monoisotopic (exact) mass is 459 g/mol. The van der Waals surface area contributed by atoms with Gasteiger partial charge in [-0.25, -0.2) is 9.59 Å². The fraction of sp³-hybridized carbons (Fsp3) is 0.870. The molecule has 0 aliphatic carbocycles. The van der Waals surface area contributed by atoms with Gasteiger partial charge in [0, 0.05) is 26.2 Å². The van der Waals surface area contributed by atoms with Crippen LogP contribution in [0.25, 0.3) is 0 Å². The summed E-state index contributed by atoms with van der Waals surface area (Å²) in [7, 11) is 0. The lowest BCUT2D eigenvalue weighted by atomic mass is 9.93. The Morgan fingerprint density at radius 1 is 1.03 bits per heavy atom. The highest BCUT2D eigenvalue weighted by Crippen LogP contribution is 2.26. The molecule has 1 heterocycles. The van der Waals surface area contributed by atoms with Crippen LogP contribution in [0.1, 0.15) is 73.1 Å². The highest BCUT2D eigenvalue weighted by molar-refractivity contribution is 6.03. The lowest BCUT2D eigenvalue weighted by Gasteiger charge is -2.30. The Labute approximate surface area is 191 Å². The maximum Gasteiger partial charge on any atom is 0.350 e. The molecule has 2 N–H and O–H groups in total. The molecule has 0 aromatic heterocycles. The van der Waals surface area contributed by atoms with E-state index in [4.69, 9.17) is 29.4 Å². The molecule has 1 atom stereocenters. The maximum absolute atomic E-state index is 12.9. The van der Waals surface area contributed by atoms with Gasteiger partial charge in [0.15, 0.2) is 0 Å². The minimum Gasteiger partial charge on any atom is -0.463 e. The molecule has 1 fully saturated rings. The molecule has 9 heteroatoms. The van der Waals surface area contributed by atoms with Gasteiger partial charge in [0.05, 0.1) is 13.2 Å². The van der Waals surface area contributed by atoms with Crippen LogP contribution in [0.4, 0.5) is 0 Å². The third-order valence-electron chi connectivity index (χ3n) is 5.17. The third kappa shape index (κ3) is 9.42. The lowest BCUT2D eigenvalue weighted by Crippen LogP contribution is -2.52. The van der Waals surface area contributed by atoms with Crippen LogP contribution >= 0.6 is 0 Å². The third-order valence-corrected chi connectivity index (χ3v) is 5.17. The van der Waals surface area contributed by atoms with Crippen molar-refractivity contribution in [3.8, 4) is 0 Å². The number of carbonyl (C=O) groups excluding carboxylic acids is 3. The Morgan fingerprint density at radius 2 is 1.59 bits per heavy atom. The zero-order valence-electron chi connectivity index (χ0n) is 20.3. The first-order valence-corrected chi connectivity index (χ1v) is 11.6. The zero-order valence-corrected chi connectivity index (χ0v) is 20.3. The topological polar surface area (TPSA) is 123 Å². The number of ether oxygens (including phenoxy) is 5. The quantitative estimate of drug-likeness (QED) is 0.191. The zero-order chi connectivity index (χ0) is 24.2. The van der Waals surface area contributed by atoms with Crippen molar-refractivity contribution >= 4 is 17.9 Å². The van der Waals surface area contributed by atoms with Gasteiger partial charge in [0.25, 0.3) is 5.60 Å². The van der Waals surface area contributed by atoms with Gasteiger partial charge in [-0.2, -0.15) is 0 Å². The Balaban J connectivity index is 2.88. The second-order valence-corrected chi connectivity index (χ2v) is 8.99. The summed E-state index contributed by atoms with van der Waals surface area (Å²) in [6, 6.07) is -1.02. The maximum atomic E-state index is 12.9. The average molecular weight is 460 g/mol. The second kappa shape index (κ2) is 13.7. The molecule has 0 radical (unpaired) electrons. The van der Waals surface area contributed by atoms with Gasteiger partial charge in [-0.15, -0.1) is 0 Å². The highest BCUT2D eigenvalue weighted by atomic mass is 16.6. The normalized spacial score (nSPS) is 16.3. The van der Waals surface area contributed by atoms with Crippen LogP contribution in [0.2, 0.25) is 0 Å². The molecule has 186 valence electrons. The first-order chi connectivity index (χ1) is 15.1. The molecule has 0 spiro atoms. The van der Waals surface area contributed by atoms with E-state index in [2.05, 4.69) is 0 Å². The summed E-state index contributed by atoms with van der Waals surface area (Å²) >= 11 is 0. The van der Waals surface area contributed by atoms with E-state index in [1.54, 1.807) is 34.6 Å². The number of rotatable bonds is 13. The number of hydrogen-bond donors (Lipinski definition) is 1. The molecule has 32 heavy (non-hydrogen) atoms. The first kappa shape index (κ1) is 28.3. The summed E-state index contributed by atoms with van der Waals surface area (Å²) in [6.45, 7) is 10.3. The van der Waals surface area contributed by atoms with E-state index < -0.39 is 35.2 Å². The van der Waals surface area contributed by atoms with Gasteiger partial charge < -0.3 is 29.4 Å². The van der Waals surface area contributed by atoms with E-state index >= 15 is 0 Å². The van der Waals surface area contributed by atoms with Crippen molar-refractivity contribution in [2.45, 2.75) is 90.4 Å².